The van der Waals surface area contributed by atoms with Gasteiger partial charge in [0, 0.05) is 18.0 Å². The van der Waals surface area contributed by atoms with Crippen LogP contribution < -0.4 is 5.32 Å². The third kappa shape index (κ3) is 3.68. The number of aromatic nitrogens is 1. The van der Waals surface area contributed by atoms with Gasteiger partial charge in [-0.3, -0.25) is 9.78 Å². The summed E-state index contributed by atoms with van der Waals surface area (Å²) in [5.41, 5.74) is 0.600. The molecular weight excluding hydrogens is 208 g/mol. The van der Waals surface area contributed by atoms with Crippen LogP contribution in [-0.4, -0.2) is 24.0 Å². The molecule has 0 aliphatic heterocycles. The van der Waals surface area contributed by atoms with Gasteiger partial charge >= 0.3 is 5.97 Å². The molecule has 5 heteroatoms. The second kappa shape index (κ2) is 7.39. The van der Waals surface area contributed by atoms with E-state index in [2.05, 4.69) is 10.3 Å². The molecule has 0 fully saturated rings. The van der Waals surface area contributed by atoms with Crippen molar-refractivity contribution < 1.29 is 14.3 Å². The molecule has 0 aliphatic carbocycles. The first kappa shape index (κ1) is 14.1. The Morgan fingerprint density at radius 1 is 1.69 bits per heavy atom. The zero-order valence-corrected chi connectivity index (χ0v) is 8.34. The first-order chi connectivity index (χ1) is 7.29. The summed E-state index contributed by atoms with van der Waals surface area (Å²) in [6.45, 7) is 1.98. The molecule has 0 saturated heterocycles. The molecule has 0 radical (unpaired) electrons. The average Bonchev–Trinajstić information content (AvgIpc) is 2.27. The maximum absolute atomic E-state index is 11.5. The van der Waals surface area contributed by atoms with Crippen LogP contribution in [-0.2, 0) is 14.3 Å². The van der Waals surface area contributed by atoms with Gasteiger partial charge in [-0.15, -0.1) is 0 Å². The van der Waals surface area contributed by atoms with E-state index in [0.717, 1.165) is 0 Å². The number of hydrogen-bond donors (Lipinski definition) is 1. The maximum atomic E-state index is 11.5. The van der Waals surface area contributed by atoms with Crippen LogP contribution >= 0.6 is 0 Å². The number of carbonyl (C=O) groups is 2. The predicted octanol–water partition coefficient (Wildman–Crippen LogP) is 1.07. The van der Waals surface area contributed by atoms with Gasteiger partial charge in [-0.2, -0.15) is 0 Å². The highest BCUT2D eigenvalue weighted by Crippen LogP contribution is 2.12. The van der Waals surface area contributed by atoms with Gasteiger partial charge in [-0.25, -0.2) is 4.79 Å². The van der Waals surface area contributed by atoms with Crippen LogP contribution in [0.5, 0.6) is 0 Å². The molecule has 1 aromatic rings. The summed E-state index contributed by atoms with van der Waals surface area (Å²) in [5, 5.41) is 2.39. The molecule has 5 nitrogen and oxygen atoms in total. The van der Waals surface area contributed by atoms with Crippen molar-refractivity contribution in [2.24, 2.45) is 0 Å². The van der Waals surface area contributed by atoms with Gasteiger partial charge in [0.2, 0.25) is 6.41 Å². The number of carbonyl (C=O) groups excluding carboxylic acids is 2. The van der Waals surface area contributed by atoms with Crippen molar-refractivity contribution in [1.29, 1.82) is 0 Å². The van der Waals surface area contributed by atoms with Crippen molar-refractivity contribution in [3.8, 4) is 0 Å². The standard InChI is InChI=1S/C10H12N2O3.CH4/c1-2-15-10(14)9(12-7-13)8-4-3-5-11-6-8;/h3-7,9H,2H2,1H3,(H,12,13);1H4. The minimum Gasteiger partial charge on any atom is -0.464 e. The highest BCUT2D eigenvalue weighted by molar-refractivity contribution is 5.79. The molecule has 1 amide bonds. The highest BCUT2D eigenvalue weighted by Gasteiger charge is 2.20. The first-order valence-electron chi connectivity index (χ1n) is 4.55. The molecule has 1 rings (SSSR count). The summed E-state index contributed by atoms with van der Waals surface area (Å²) in [5.74, 6) is -0.488. The summed E-state index contributed by atoms with van der Waals surface area (Å²) in [6, 6.07) is 2.61. The Hall–Kier alpha value is -1.91. The fourth-order valence-corrected chi connectivity index (χ4v) is 1.14. The lowest BCUT2D eigenvalue weighted by molar-refractivity contribution is -0.146. The van der Waals surface area contributed by atoms with E-state index >= 15 is 0 Å². The molecule has 0 spiro atoms. The van der Waals surface area contributed by atoms with E-state index in [0.29, 0.717) is 12.0 Å². The SMILES string of the molecule is C.CCOC(=O)C(NC=O)c1cccnc1. The number of nitrogens with one attached hydrogen (secondary N) is 1. The van der Waals surface area contributed by atoms with Gasteiger partial charge in [0.25, 0.3) is 0 Å². The Kier molecular flexibility index (Phi) is 6.51. The normalized spacial score (nSPS) is 10.8. The minimum absolute atomic E-state index is 0. The van der Waals surface area contributed by atoms with Crippen molar-refractivity contribution in [2.45, 2.75) is 20.4 Å². The van der Waals surface area contributed by atoms with Gasteiger partial charge in [0.1, 0.15) is 0 Å². The summed E-state index contributed by atoms with van der Waals surface area (Å²) in [6.07, 6.45) is 3.57. The molecule has 1 aromatic heterocycles. The second-order valence-corrected chi connectivity index (χ2v) is 2.76. The van der Waals surface area contributed by atoms with Gasteiger partial charge in [-0.05, 0) is 13.0 Å². The number of pyridine rings is 1. The Morgan fingerprint density at radius 3 is 2.94 bits per heavy atom. The molecule has 0 aliphatic rings. The van der Waals surface area contributed by atoms with E-state index in [9.17, 15) is 9.59 Å². The van der Waals surface area contributed by atoms with E-state index in [1.807, 2.05) is 0 Å². The summed E-state index contributed by atoms with van der Waals surface area (Å²) in [7, 11) is 0. The number of amides is 1. The van der Waals surface area contributed by atoms with E-state index in [1.54, 1.807) is 25.3 Å². The number of nitrogens with zero attached hydrogens (tertiary/aromatic N) is 1. The highest BCUT2D eigenvalue weighted by atomic mass is 16.5. The fraction of sp³-hybridized carbons (Fsp3) is 0.364. The molecule has 1 heterocycles. The molecule has 0 aromatic carbocycles. The van der Waals surface area contributed by atoms with Crippen LogP contribution in [0, 0.1) is 0 Å². The van der Waals surface area contributed by atoms with Crippen LogP contribution in [0.2, 0.25) is 0 Å². The van der Waals surface area contributed by atoms with E-state index in [-0.39, 0.29) is 14.0 Å². The molecule has 88 valence electrons. The maximum Gasteiger partial charge on any atom is 0.333 e. The summed E-state index contributed by atoms with van der Waals surface area (Å²) in [4.78, 5) is 25.7. The largest absolute Gasteiger partial charge is 0.464 e. The van der Waals surface area contributed by atoms with Gasteiger partial charge in [-0.1, -0.05) is 13.5 Å². The quantitative estimate of drug-likeness (QED) is 0.600. The van der Waals surface area contributed by atoms with Crippen LogP contribution in [0.25, 0.3) is 0 Å². The summed E-state index contributed by atoms with van der Waals surface area (Å²) >= 11 is 0. The van der Waals surface area contributed by atoms with Crippen molar-refractivity contribution in [1.82, 2.24) is 10.3 Å². The zero-order valence-electron chi connectivity index (χ0n) is 8.34. The molecule has 0 bridgehead atoms. The van der Waals surface area contributed by atoms with Gasteiger partial charge in [0.15, 0.2) is 6.04 Å². The Labute approximate surface area is 94.8 Å². The molecule has 0 saturated carbocycles. The monoisotopic (exact) mass is 224 g/mol. The number of ether oxygens (including phenoxy) is 1. The lowest BCUT2D eigenvalue weighted by Gasteiger charge is -2.13. The minimum atomic E-state index is -0.781. The zero-order chi connectivity index (χ0) is 11.1. The molecule has 1 N–H and O–H groups in total. The number of hydrogen-bond acceptors (Lipinski definition) is 4. The molecule has 1 atom stereocenters. The third-order valence-electron chi connectivity index (χ3n) is 1.77. The second-order valence-electron chi connectivity index (χ2n) is 2.76. The average molecular weight is 224 g/mol. The number of esters is 1. The summed E-state index contributed by atoms with van der Waals surface area (Å²) < 4.78 is 4.82. The van der Waals surface area contributed by atoms with Crippen molar-refractivity contribution in [3.63, 3.8) is 0 Å². The Morgan fingerprint density at radius 2 is 2.44 bits per heavy atom. The van der Waals surface area contributed by atoms with Crippen LogP contribution in [0.3, 0.4) is 0 Å². The van der Waals surface area contributed by atoms with Gasteiger partial charge in [0.05, 0.1) is 6.61 Å². The molecule has 1 unspecified atom stereocenters. The predicted molar refractivity (Wildman–Crippen MR) is 59.5 cm³/mol. The van der Waals surface area contributed by atoms with Crippen LogP contribution in [0.1, 0.15) is 26.0 Å². The smallest absolute Gasteiger partial charge is 0.333 e. The molecule has 16 heavy (non-hydrogen) atoms. The fourth-order valence-electron chi connectivity index (χ4n) is 1.14. The van der Waals surface area contributed by atoms with Crippen molar-refractivity contribution >= 4 is 12.4 Å². The van der Waals surface area contributed by atoms with E-state index in [4.69, 9.17) is 4.74 Å². The van der Waals surface area contributed by atoms with E-state index < -0.39 is 12.0 Å². The van der Waals surface area contributed by atoms with Crippen molar-refractivity contribution in [2.75, 3.05) is 6.61 Å². The topological polar surface area (TPSA) is 68.3 Å². The number of rotatable bonds is 5. The Balaban J connectivity index is 0.00000225. The Bertz CT molecular complexity index is 327. The van der Waals surface area contributed by atoms with Gasteiger partial charge < -0.3 is 10.1 Å². The molecular formula is C11H16N2O3. The van der Waals surface area contributed by atoms with Crippen LogP contribution in [0.4, 0.5) is 0 Å². The lowest BCUT2D eigenvalue weighted by Crippen LogP contribution is -2.29. The lowest BCUT2D eigenvalue weighted by atomic mass is 10.1. The van der Waals surface area contributed by atoms with Crippen molar-refractivity contribution in [3.05, 3.63) is 30.1 Å². The third-order valence-corrected chi connectivity index (χ3v) is 1.77. The van der Waals surface area contributed by atoms with Crippen LogP contribution in [0.15, 0.2) is 24.5 Å². The first-order valence-corrected chi connectivity index (χ1v) is 4.55. The van der Waals surface area contributed by atoms with E-state index in [1.165, 1.54) is 6.20 Å².